The van der Waals surface area contributed by atoms with Crippen LogP contribution in [0.5, 0.6) is 0 Å². The van der Waals surface area contributed by atoms with E-state index in [1.165, 1.54) is 7.11 Å². The molecule has 0 saturated carbocycles. The molecule has 7 nitrogen and oxygen atoms in total. The Bertz CT molecular complexity index is 526. The average molecular weight is 288 g/mol. The molecule has 0 fully saturated rings. The first kappa shape index (κ1) is 14.4. The first-order chi connectivity index (χ1) is 9.05. The van der Waals surface area contributed by atoms with Gasteiger partial charge in [0.15, 0.2) is 5.82 Å². The Labute approximate surface area is 113 Å². The topological polar surface area (TPSA) is 86.1 Å². The number of hydrogen-bond donors (Lipinski definition) is 1. The van der Waals surface area contributed by atoms with Gasteiger partial charge in [-0.2, -0.15) is 5.10 Å². The smallest absolute Gasteiger partial charge is 0.214 e. The number of aromatic nitrogens is 3. The molecule has 1 aromatic heterocycles. The molecular weight excluding hydrogens is 268 g/mol. The van der Waals surface area contributed by atoms with Crippen LogP contribution in [0.1, 0.15) is 37.5 Å². The van der Waals surface area contributed by atoms with Gasteiger partial charge in [0.25, 0.3) is 0 Å². The van der Waals surface area contributed by atoms with Crippen molar-refractivity contribution in [1.82, 2.24) is 19.5 Å². The second kappa shape index (κ2) is 5.98. The molecule has 1 aromatic rings. The van der Waals surface area contributed by atoms with Crippen LogP contribution in [0, 0.1) is 0 Å². The Morgan fingerprint density at radius 2 is 2.32 bits per heavy atom. The monoisotopic (exact) mass is 288 g/mol. The molecule has 0 saturated heterocycles. The van der Waals surface area contributed by atoms with E-state index in [0.717, 1.165) is 37.5 Å². The summed E-state index contributed by atoms with van der Waals surface area (Å²) in [5, 5.41) is 4.36. The van der Waals surface area contributed by atoms with E-state index >= 15 is 0 Å². The van der Waals surface area contributed by atoms with Gasteiger partial charge in [-0.05, 0) is 12.8 Å². The molecule has 0 amide bonds. The van der Waals surface area contributed by atoms with Crippen molar-refractivity contribution in [2.24, 2.45) is 0 Å². The summed E-state index contributed by atoms with van der Waals surface area (Å²) in [5.41, 5.74) is 0. The van der Waals surface area contributed by atoms with Gasteiger partial charge >= 0.3 is 0 Å². The maximum Gasteiger partial charge on any atom is 0.214 e. The van der Waals surface area contributed by atoms with Crippen LogP contribution in [0.3, 0.4) is 0 Å². The van der Waals surface area contributed by atoms with E-state index in [9.17, 15) is 8.42 Å². The standard InChI is InChI=1S/C11H20N4O3S/c1-3-10-12-11-9(5-4-6-15(11)13-10)14-19(16,17)8-7-18-2/h9,14H,3-8H2,1-2H3/t9-/m0/s1. The van der Waals surface area contributed by atoms with Crippen LogP contribution in [-0.2, 0) is 27.7 Å². The maximum atomic E-state index is 11.9. The minimum Gasteiger partial charge on any atom is -0.384 e. The summed E-state index contributed by atoms with van der Waals surface area (Å²) in [6.07, 6.45) is 2.41. The molecule has 1 aliphatic heterocycles. The van der Waals surface area contributed by atoms with E-state index in [1.54, 1.807) is 0 Å². The van der Waals surface area contributed by atoms with Crippen molar-refractivity contribution in [2.45, 2.75) is 38.8 Å². The summed E-state index contributed by atoms with van der Waals surface area (Å²) >= 11 is 0. The molecule has 1 aliphatic rings. The number of nitrogens with one attached hydrogen (secondary N) is 1. The first-order valence-corrected chi connectivity index (χ1v) is 8.13. The summed E-state index contributed by atoms with van der Waals surface area (Å²) in [7, 11) is -1.85. The van der Waals surface area contributed by atoms with Gasteiger partial charge in [0, 0.05) is 20.1 Å². The molecule has 108 valence electrons. The lowest BCUT2D eigenvalue weighted by molar-refractivity contribution is 0.216. The lowest BCUT2D eigenvalue weighted by Crippen LogP contribution is -2.35. The summed E-state index contributed by atoms with van der Waals surface area (Å²) in [4.78, 5) is 4.41. The quantitative estimate of drug-likeness (QED) is 0.810. The van der Waals surface area contributed by atoms with E-state index in [1.807, 2.05) is 11.6 Å². The summed E-state index contributed by atoms with van der Waals surface area (Å²) in [6.45, 7) is 2.98. The van der Waals surface area contributed by atoms with Crippen LogP contribution in [0.25, 0.3) is 0 Å². The van der Waals surface area contributed by atoms with Gasteiger partial charge < -0.3 is 4.74 Å². The second-order valence-electron chi connectivity index (χ2n) is 4.59. The number of hydrogen-bond acceptors (Lipinski definition) is 5. The van der Waals surface area contributed by atoms with Gasteiger partial charge in [-0.15, -0.1) is 0 Å². The molecule has 2 rings (SSSR count). The molecule has 0 aromatic carbocycles. The second-order valence-corrected chi connectivity index (χ2v) is 6.46. The van der Waals surface area contributed by atoms with Gasteiger partial charge in [0.1, 0.15) is 5.82 Å². The fourth-order valence-electron chi connectivity index (χ4n) is 2.13. The Morgan fingerprint density at radius 1 is 1.53 bits per heavy atom. The van der Waals surface area contributed by atoms with Gasteiger partial charge in [-0.1, -0.05) is 6.92 Å². The van der Waals surface area contributed by atoms with Crippen molar-refractivity contribution in [3.63, 3.8) is 0 Å². The van der Waals surface area contributed by atoms with Crippen molar-refractivity contribution >= 4 is 10.0 Å². The van der Waals surface area contributed by atoms with Crippen molar-refractivity contribution in [3.8, 4) is 0 Å². The number of sulfonamides is 1. The summed E-state index contributed by atoms with van der Waals surface area (Å²) in [5.74, 6) is 1.46. The Kier molecular flexibility index (Phi) is 4.54. The third-order valence-electron chi connectivity index (χ3n) is 3.11. The number of fused-ring (bicyclic) bond motifs is 1. The molecular formula is C11H20N4O3S. The average Bonchev–Trinajstić information content (AvgIpc) is 2.80. The third-order valence-corrected chi connectivity index (χ3v) is 4.46. The normalized spacial score (nSPS) is 19.4. The summed E-state index contributed by atoms with van der Waals surface area (Å²) < 4.78 is 33.1. The maximum absolute atomic E-state index is 11.9. The zero-order chi connectivity index (χ0) is 13.9. The largest absolute Gasteiger partial charge is 0.384 e. The Balaban J connectivity index is 2.13. The highest BCUT2D eigenvalue weighted by molar-refractivity contribution is 7.89. The highest BCUT2D eigenvalue weighted by Gasteiger charge is 2.27. The van der Waals surface area contributed by atoms with Crippen LogP contribution >= 0.6 is 0 Å². The highest BCUT2D eigenvalue weighted by atomic mass is 32.2. The van der Waals surface area contributed by atoms with Crippen LogP contribution in [0.15, 0.2) is 0 Å². The number of ether oxygens (including phenoxy) is 1. The van der Waals surface area contributed by atoms with E-state index in [-0.39, 0.29) is 18.4 Å². The van der Waals surface area contributed by atoms with Gasteiger partial charge in [-0.25, -0.2) is 22.8 Å². The SMILES string of the molecule is CCc1nc2n(n1)CCC[C@@H]2NS(=O)(=O)CCOC. The Hall–Kier alpha value is -0.990. The predicted octanol–water partition coefficient (Wildman–Crippen LogP) is 0.241. The summed E-state index contributed by atoms with van der Waals surface area (Å²) in [6, 6.07) is -0.275. The van der Waals surface area contributed by atoms with E-state index < -0.39 is 10.0 Å². The zero-order valence-electron chi connectivity index (χ0n) is 11.3. The van der Waals surface area contributed by atoms with Crippen molar-refractivity contribution in [3.05, 3.63) is 11.6 Å². The Morgan fingerprint density at radius 3 is 3.00 bits per heavy atom. The minimum atomic E-state index is -3.34. The molecule has 19 heavy (non-hydrogen) atoms. The van der Waals surface area contributed by atoms with Crippen molar-refractivity contribution < 1.29 is 13.2 Å². The molecule has 1 N–H and O–H groups in total. The zero-order valence-corrected chi connectivity index (χ0v) is 12.1. The molecule has 1 atom stereocenters. The van der Waals surface area contributed by atoms with Crippen LogP contribution < -0.4 is 4.72 Å². The first-order valence-electron chi connectivity index (χ1n) is 6.48. The predicted molar refractivity (Wildman–Crippen MR) is 70.2 cm³/mol. The van der Waals surface area contributed by atoms with Crippen LogP contribution in [-0.4, -0.2) is 42.7 Å². The molecule has 0 bridgehead atoms. The highest BCUT2D eigenvalue weighted by Crippen LogP contribution is 2.23. The number of aryl methyl sites for hydroxylation is 2. The lowest BCUT2D eigenvalue weighted by Gasteiger charge is -2.22. The number of rotatable bonds is 6. The van der Waals surface area contributed by atoms with Gasteiger partial charge in [-0.3, -0.25) is 0 Å². The molecule has 8 heteroatoms. The fraction of sp³-hybridized carbons (Fsp3) is 0.818. The molecule has 0 spiro atoms. The van der Waals surface area contributed by atoms with Crippen LogP contribution in [0.2, 0.25) is 0 Å². The van der Waals surface area contributed by atoms with Crippen molar-refractivity contribution in [1.29, 1.82) is 0 Å². The molecule has 0 radical (unpaired) electrons. The van der Waals surface area contributed by atoms with Gasteiger partial charge in [0.2, 0.25) is 10.0 Å². The molecule has 0 unspecified atom stereocenters. The molecule has 2 heterocycles. The lowest BCUT2D eigenvalue weighted by atomic mass is 10.1. The van der Waals surface area contributed by atoms with Crippen LogP contribution in [0.4, 0.5) is 0 Å². The fourth-order valence-corrected chi connectivity index (χ4v) is 3.29. The van der Waals surface area contributed by atoms with E-state index in [0.29, 0.717) is 0 Å². The minimum absolute atomic E-state index is 0.0330. The van der Waals surface area contributed by atoms with Gasteiger partial charge in [0.05, 0.1) is 18.4 Å². The molecule has 0 aliphatic carbocycles. The number of methoxy groups -OCH3 is 1. The third kappa shape index (κ3) is 3.52. The number of nitrogens with zero attached hydrogens (tertiary/aromatic N) is 3. The van der Waals surface area contributed by atoms with Crippen molar-refractivity contribution in [2.75, 3.05) is 19.5 Å². The van der Waals surface area contributed by atoms with E-state index in [4.69, 9.17) is 4.74 Å². The van der Waals surface area contributed by atoms with E-state index in [2.05, 4.69) is 14.8 Å².